The van der Waals surface area contributed by atoms with Crippen molar-refractivity contribution in [3.63, 3.8) is 0 Å². The molecular formula is C14H17N3O2S2. The molecule has 0 aliphatic carbocycles. The number of nitrogens with two attached hydrogens (primary N) is 1. The van der Waals surface area contributed by atoms with Crippen LogP contribution in [0.3, 0.4) is 0 Å². The van der Waals surface area contributed by atoms with Crippen LogP contribution in [0, 0.1) is 0 Å². The molecule has 0 saturated heterocycles. The molecule has 0 amide bonds. The van der Waals surface area contributed by atoms with Crippen molar-refractivity contribution < 1.29 is 8.42 Å². The van der Waals surface area contributed by atoms with E-state index in [4.69, 9.17) is 5.84 Å². The molecule has 2 heterocycles. The molecule has 2 aromatic rings. The van der Waals surface area contributed by atoms with E-state index in [0.717, 1.165) is 12.0 Å². The first-order valence-electron chi connectivity index (χ1n) is 6.69. The Hall–Kier alpha value is -1.41. The fourth-order valence-electron chi connectivity index (χ4n) is 2.75. The van der Waals surface area contributed by atoms with Gasteiger partial charge in [-0.05, 0) is 42.5 Å². The highest BCUT2D eigenvalue weighted by atomic mass is 32.2. The normalized spacial score (nSPS) is 19.2. The van der Waals surface area contributed by atoms with Gasteiger partial charge in [0.15, 0.2) is 0 Å². The quantitative estimate of drug-likeness (QED) is 0.671. The van der Waals surface area contributed by atoms with Crippen molar-refractivity contribution in [2.45, 2.75) is 24.3 Å². The van der Waals surface area contributed by atoms with Crippen LogP contribution in [0.4, 0.5) is 5.69 Å². The van der Waals surface area contributed by atoms with E-state index in [9.17, 15) is 8.42 Å². The number of para-hydroxylation sites is 1. The molecular weight excluding hydrogens is 306 g/mol. The highest BCUT2D eigenvalue weighted by molar-refractivity contribution is 7.89. The van der Waals surface area contributed by atoms with Crippen LogP contribution in [-0.4, -0.2) is 19.3 Å². The Labute approximate surface area is 128 Å². The summed E-state index contributed by atoms with van der Waals surface area (Å²) in [5.74, 6) is 5.44. The highest BCUT2D eigenvalue weighted by Gasteiger charge is 2.35. The first-order valence-corrected chi connectivity index (χ1v) is 9.01. The Morgan fingerprint density at radius 2 is 2.10 bits per heavy atom. The van der Waals surface area contributed by atoms with Crippen LogP contribution >= 0.6 is 11.3 Å². The molecule has 21 heavy (non-hydrogen) atoms. The maximum Gasteiger partial charge on any atom is 0.245 e. The third kappa shape index (κ3) is 2.36. The number of hydrogen-bond acceptors (Lipinski definition) is 5. The predicted molar refractivity (Wildman–Crippen MR) is 84.6 cm³/mol. The van der Waals surface area contributed by atoms with Crippen molar-refractivity contribution in [3.8, 4) is 0 Å². The van der Waals surface area contributed by atoms with Crippen LogP contribution in [0.15, 0.2) is 40.6 Å². The number of nitrogen functional groups attached to an aromatic ring is 1. The standard InChI is InChI=1S/C14H17N3O2S2/c1-10-11-7-9-20-13(11)6-8-17(10)21(18,19)14-5-3-2-4-12(14)16-15/h2-5,7,9-10,16H,6,8,15H2,1H3. The minimum absolute atomic E-state index is 0.157. The molecule has 0 bridgehead atoms. The van der Waals surface area contributed by atoms with Gasteiger partial charge in [-0.1, -0.05) is 12.1 Å². The van der Waals surface area contributed by atoms with Gasteiger partial charge in [-0.3, -0.25) is 5.84 Å². The van der Waals surface area contributed by atoms with Gasteiger partial charge in [-0.2, -0.15) is 4.31 Å². The number of nitrogens with zero attached hydrogens (tertiary/aromatic N) is 1. The lowest BCUT2D eigenvalue weighted by Crippen LogP contribution is -2.38. The number of fused-ring (bicyclic) bond motifs is 1. The topological polar surface area (TPSA) is 75.4 Å². The smallest absolute Gasteiger partial charge is 0.245 e. The Morgan fingerprint density at radius 3 is 2.86 bits per heavy atom. The SMILES string of the molecule is CC1c2ccsc2CCN1S(=O)(=O)c1ccccc1NN. The summed E-state index contributed by atoms with van der Waals surface area (Å²) in [6.45, 7) is 2.43. The van der Waals surface area contributed by atoms with E-state index < -0.39 is 10.0 Å². The van der Waals surface area contributed by atoms with E-state index >= 15 is 0 Å². The second kappa shape index (κ2) is 5.42. The van der Waals surface area contributed by atoms with Gasteiger partial charge in [0.05, 0.1) is 5.69 Å². The van der Waals surface area contributed by atoms with Crippen LogP contribution in [-0.2, 0) is 16.4 Å². The van der Waals surface area contributed by atoms with Crippen molar-refractivity contribution >= 4 is 27.0 Å². The second-order valence-electron chi connectivity index (χ2n) is 4.98. The number of nitrogens with one attached hydrogen (secondary N) is 1. The number of benzene rings is 1. The minimum atomic E-state index is -3.58. The molecule has 0 fully saturated rings. The van der Waals surface area contributed by atoms with E-state index in [0.29, 0.717) is 12.2 Å². The lowest BCUT2D eigenvalue weighted by Gasteiger charge is -2.33. The summed E-state index contributed by atoms with van der Waals surface area (Å²) in [5, 5.41) is 2.02. The van der Waals surface area contributed by atoms with E-state index in [1.165, 1.54) is 4.88 Å². The van der Waals surface area contributed by atoms with Gasteiger partial charge in [0, 0.05) is 17.5 Å². The molecule has 0 radical (unpaired) electrons. The Morgan fingerprint density at radius 1 is 1.33 bits per heavy atom. The largest absolute Gasteiger partial charge is 0.323 e. The van der Waals surface area contributed by atoms with Crippen LogP contribution in [0.25, 0.3) is 0 Å². The van der Waals surface area contributed by atoms with Gasteiger partial charge in [0.25, 0.3) is 0 Å². The van der Waals surface area contributed by atoms with Gasteiger partial charge in [0.2, 0.25) is 10.0 Å². The number of hydrogen-bond donors (Lipinski definition) is 2. The molecule has 5 nitrogen and oxygen atoms in total. The number of sulfonamides is 1. The summed E-state index contributed by atoms with van der Waals surface area (Å²) < 4.78 is 27.4. The van der Waals surface area contributed by atoms with Crippen LogP contribution in [0.1, 0.15) is 23.4 Å². The number of hydrazine groups is 1. The van der Waals surface area contributed by atoms with Crippen molar-refractivity contribution in [2.24, 2.45) is 5.84 Å². The molecule has 1 aromatic heterocycles. The minimum Gasteiger partial charge on any atom is -0.323 e. The summed E-state index contributed by atoms with van der Waals surface area (Å²) in [7, 11) is -3.58. The first-order chi connectivity index (χ1) is 10.1. The third-order valence-corrected chi connectivity index (χ3v) is 6.87. The number of anilines is 1. The second-order valence-corrected chi connectivity index (χ2v) is 7.84. The first kappa shape index (κ1) is 14.5. The van der Waals surface area contributed by atoms with Gasteiger partial charge in [-0.25, -0.2) is 8.42 Å². The maximum atomic E-state index is 12.9. The van der Waals surface area contributed by atoms with Crippen LogP contribution in [0.5, 0.6) is 0 Å². The Bertz CT molecular complexity index is 755. The molecule has 7 heteroatoms. The van der Waals surface area contributed by atoms with Crippen LogP contribution < -0.4 is 11.3 Å². The van der Waals surface area contributed by atoms with E-state index in [1.54, 1.807) is 39.9 Å². The van der Waals surface area contributed by atoms with E-state index in [1.807, 2.05) is 18.4 Å². The average molecular weight is 323 g/mol. The van der Waals surface area contributed by atoms with Crippen molar-refractivity contribution in [1.82, 2.24) is 4.31 Å². The zero-order valence-electron chi connectivity index (χ0n) is 11.6. The van der Waals surface area contributed by atoms with Gasteiger partial charge < -0.3 is 5.43 Å². The molecule has 1 atom stereocenters. The molecule has 112 valence electrons. The molecule has 1 aliphatic rings. The van der Waals surface area contributed by atoms with Gasteiger partial charge >= 0.3 is 0 Å². The Kier molecular flexibility index (Phi) is 3.75. The third-order valence-electron chi connectivity index (χ3n) is 3.85. The van der Waals surface area contributed by atoms with Gasteiger partial charge in [0.1, 0.15) is 4.90 Å². The van der Waals surface area contributed by atoms with E-state index in [2.05, 4.69) is 5.43 Å². The van der Waals surface area contributed by atoms with Gasteiger partial charge in [-0.15, -0.1) is 11.3 Å². The fourth-order valence-corrected chi connectivity index (χ4v) is 5.48. The molecule has 1 aromatic carbocycles. The average Bonchev–Trinajstić information content (AvgIpc) is 2.96. The maximum absolute atomic E-state index is 12.9. The summed E-state index contributed by atoms with van der Waals surface area (Å²) >= 11 is 1.69. The zero-order chi connectivity index (χ0) is 15.0. The predicted octanol–water partition coefficient (Wildman–Crippen LogP) is 2.34. The summed E-state index contributed by atoms with van der Waals surface area (Å²) in [4.78, 5) is 1.50. The summed E-state index contributed by atoms with van der Waals surface area (Å²) in [6.07, 6.45) is 0.759. The molecule has 3 rings (SSSR count). The highest BCUT2D eigenvalue weighted by Crippen LogP contribution is 2.37. The zero-order valence-corrected chi connectivity index (χ0v) is 13.2. The fraction of sp³-hybridized carbons (Fsp3) is 0.286. The van der Waals surface area contributed by atoms with Crippen molar-refractivity contribution in [1.29, 1.82) is 0 Å². The van der Waals surface area contributed by atoms with Crippen molar-refractivity contribution in [2.75, 3.05) is 12.0 Å². The molecule has 0 spiro atoms. The monoisotopic (exact) mass is 323 g/mol. The summed E-state index contributed by atoms with van der Waals surface area (Å²) in [5.41, 5.74) is 3.99. The molecule has 1 aliphatic heterocycles. The van der Waals surface area contributed by atoms with E-state index in [-0.39, 0.29) is 10.9 Å². The molecule has 1 unspecified atom stereocenters. The summed E-state index contributed by atoms with van der Waals surface area (Å²) in [6, 6.07) is 8.57. The molecule has 3 N–H and O–H groups in total. The lowest BCUT2D eigenvalue weighted by molar-refractivity contribution is 0.329. The van der Waals surface area contributed by atoms with Crippen LogP contribution in [0.2, 0.25) is 0 Å². The van der Waals surface area contributed by atoms with Crippen molar-refractivity contribution in [3.05, 3.63) is 46.2 Å². The number of thiophene rings is 1. The lowest BCUT2D eigenvalue weighted by atomic mass is 10.0. The number of rotatable bonds is 3. The molecule has 0 saturated carbocycles. The Balaban J connectivity index is 2.04.